The average molecular weight is 240 g/mol. The third-order valence-electron chi connectivity index (χ3n) is 2.21. The summed E-state index contributed by atoms with van der Waals surface area (Å²) in [6.07, 6.45) is 0. The molecule has 0 aromatic heterocycles. The first-order valence-corrected chi connectivity index (χ1v) is 4.72. The molecule has 0 radical (unpaired) electrons. The van der Waals surface area contributed by atoms with Crippen LogP contribution in [0.1, 0.15) is 11.6 Å². The molecule has 0 bridgehead atoms. The number of likely N-dealkylation sites (N-methyl/N-ethyl adjacent to an activating group) is 1. The second-order valence-corrected chi connectivity index (χ2v) is 3.51. The smallest absolute Gasteiger partial charge is 0.317 e. The van der Waals surface area contributed by atoms with E-state index < -0.39 is 23.6 Å². The highest BCUT2D eigenvalue weighted by Gasteiger charge is 2.19. The van der Waals surface area contributed by atoms with Crippen LogP contribution in [0.4, 0.5) is 8.78 Å². The SMILES string of the molecule is CN(CC(=O)O)C(C#N)c1ccc(F)c(F)c1. The summed E-state index contributed by atoms with van der Waals surface area (Å²) in [5.41, 5.74) is 0.218. The van der Waals surface area contributed by atoms with Gasteiger partial charge in [-0.05, 0) is 24.7 Å². The van der Waals surface area contributed by atoms with Gasteiger partial charge in [0.25, 0.3) is 0 Å². The first-order chi connectivity index (χ1) is 7.95. The molecule has 1 unspecified atom stereocenters. The van der Waals surface area contributed by atoms with Gasteiger partial charge in [0, 0.05) is 0 Å². The first-order valence-electron chi connectivity index (χ1n) is 4.72. The van der Waals surface area contributed by atoms with Crippen molar-refractivity contribution in [2.75, 3.05) is 13.6 Å². The van der Waals surface area contributed by atoms with Crippen molar-refractivity contribution in [2.45, 2.75) is 6.04 Å². The fourth-order valence-corrected chi connectivity index (χ4v) is 1.41. The molecular formula is C11H10F2N2O2. The van der Waals surface area contributed by atoms with Crippen LogP contribution in [-0.4, -0.2) is 29.6 Å². The number of carboxylic acids is 1. The van der Waals surface area contributed by atoms with Gasteiger partial charge in [-0.3, -0.25) is 9.69 Å². The predicted octanol–water partition coefficient (Wildman–Crippen LogP) is 1.55. The molecule has 0 amide bonds. The van der Waals surface area contributed by atoms with E-state index in [1.807, 2.05) is 6.07 Å². The van der Waals surface area contributed by atoms with Crippen LogP contribution in [0.15, 0.2) is 18.2 Å². The molecule has 1 atom stereocenters. The van der Waals surface area contributed by atoms with E-state index in [2.05, 4.69) is 0 Å². The monoisotopic (exact) mass is 240 g/mol. The summed E-state index contributed by atoms with van der Waals surface area (Å²) in [7, 11) is 1.42. The van der Waals surface area contributed by atoms with Gasteiger partial charge in [-0.1, -0.05) is 6.07 Å². The standard InChI is InChI=1S/C11H10F2N2O2/c1-15(6-11(16)17)10(5-14)7-2-3-8(12)9(13)4-7/h2-4,10H,6H2,1H3,(H,16,17). The zero-order chi connectivity index (χ0) is 13.0. The van der Waals surface area contributed by atoms with E-state index >= 15 is 0 Å². The normalized spacial score (nSPS) is 12.2. The molecule has 0 saturated carbocycles. The van der Waals surface area contributed by atoms with Crippen LogP contribution in [-0.2, 0) is 4.79 Å². The van der Waals surface area contributed by atoms with E-state index in [1.165, 1.54) is 18.0 Å². The summed E-state index contributed by atoms with van der Waals surface area (Å²) in [6.45, 7) is -0.364. The number of nitrogens with zero attached hydrogens (tertiary/aromatic N) is 2. The van der Waals surface area contributed by atoms with Gasteiger partial charge in [-0.25, -0.2) is 8.78 Å². The highest BCUT2D eigenvalue weighted by atomic mass is 19.2. The molecule has 0 heterocycles. The molecule has 1 aromatic rings. The summed E-state index contributed by atoms with van der Waals surface area (Å²) < 4.78 is 25.7. The van der Waals surface area contributed by atoms with Gasteiger partial charge in [0.1, 0.15) is 6.04 Å². The second-order valence-electron chi connectivity index (χ2n) is 3.51. The van der Waals surface area contributed by atoms with Crippen molar-refractivity contribution in [3.05, 3.63) is 35.4 Å². The van der Waals surface area contributed by atoms with Crippen LogP contribution in [0.5, 0.6) is 0 Å². The van der Waals surface area contributed by atoms with E-state index in [4.69, 9.17) is 10.4 Å². The highest BCUT2D eigenvalue weighted by molar-refractivity contribution is 5.69. The van der Waals surface area contributed by atoms with Crippen LogP contribution >= 0.6 is 0 Å². The molecule has 90 valence electrons. The van der Waals surface area contributed by atoms with E-state index in [9.17, 15) is 13.6 Å². The number of halogens is 2. The van der Waals surface area contributed by atoms with Crippen molar-refractivity contribution in [1.29, 1.82) is 5.26 Å². The molecule has 17 heavy (non-hydrogen) atoms. The van der Waals surface area contributed by atoms with E-state index in [0.717, 1.165) is 12.1 Å². The summed E-state index contributed by atoms with van der Waals surface area (Å²) >= 11 is 0. The Labute approximate surface area is 96.7 Å². The summed E-state index contributed by atoms with van der Waals surface area (Å²) in [4.78, 5) is 11.7. The lowest BCUT2D eigenvalue weighted by Gasteiger charge is -2.20. The highest BCUT2D eigenvalue weighted by Crippen LogP contribution is 2.20. The van der Waals surface area contributed by atoms with Crippen LogP contribution in [0, 0.1) is 23.0 Å². The van der Waals surface area contributed by atoms with Gasteiger partial charge >= 0.3 is 5.97 Å². The Hall–Kier alpha value is -2.00. The van der Waals surface area contributed by atoms with Crippen LogP contribution in [0.25, 0.3) is 0 Å². The van der Waals surface area contributed by atoms with Crippen molar-refractivity contribution in [2.24, 2.45) is 0 Å². The Bertz CT molecular complexity index is 471. The van der Waals surface area contributed by atoms with Gasteiger partial charge in [-0.2, -0.15) is 5.26 Å². The molecule has 1 aromatic carbocycles. The maximum atomic E-state index is 13.0. The number of hydrogen-bond acceptors (Lipinski definition) is 3. The third kappa shape index (κ3) is 3.23. The summed E-state index contributed by atoms with van der Waals surface area (Å²) in [5, 5.41) is 17.5. The maximum absolute atomic E-state index is 13.0. The molecule has 0 aliphatic rings. The molecule has 1 rings (SSSR count). The molecule has 4 nitrogen and oxygen atoms in total. The third-order valence-corrected chi connectivity index (χ3v) is 2.21. The van der Waals surface area contributed by atoms with Crippen molar-refractivity contribution in [3.8, 4) is 6.07 Å². The Morgan fingerprint density at radius 1 is 1.53 bits per heavy atom. The fraction of sp³-hybridized carbons (Fsp3) is 0.273. The molecule has 0 spiro atoms. The molecule has 1 N–H and O–H groups in total. The zero-order valence-corrected chi connectivity index (χ0v) is 9.02. The van der Waals surface area contributed by atoms with Gasteiger partial charge in [0.2, 0.25) is 0 Å². The molecular weight excluding hydrogens is 230 g/mol. The number of hydrogen-bond donors (Lipinski definition) is 1. The molecule has 0 fully saturated rings. The minimum Gasteiger partial charge on any atom is -0.480 e. The zero-order valence-electron chi connectivity index (χ0n) is 9.02. The van der Waals surface area contributed by atoms with Crippen LogP contribution in [0.2, 0.25) is 0 Å². The largest absolute Gasteiger partial charge is 0.480 e. The molecule has 0 saturated heterocycles. The Balaban J connectivity index is 2.98. The lowest BCUT2D eigenvalue weighted by molar-refractivity contribution is -0.138. The van der Waals surface area contributed by atoms with Gasteiger partial charge in [-0.15, -0.1) is 0 Å². The number of carbonyl (C=O) groups is 1. The average Bonchev–Trinajstić information content (AvgIpc) is 2.23. The Morgan fingerprint density at radius 3 is 2.65 bits per heavy atom. The molecule has 0 aliphatic heterocycles. The van der Waals surface area contributed by atoms with Gasteiger partial charge < -0.3 is 5.11 Å². The van der Waals surface area contributed by atoms with Crippen molar-refractivity contribution in [1.82, 2.24) is 4.90 Å². The Morgan fingerprint density at radius 2 is 2.18 bits per heavy atom. The molecule has 6 heteroatoms. The van der Waals surface area contributed by atoms with Crippen molar-refractivity contribution >= 4 is 5.97 Å². The topological polar surface area (TPSA) is 64.3 Å². The summed E-state index contributed by atoms with van der Waals surface area (Å²) in [6, 6.07) is 3.97. The lowest BCUT2D eigenvalue weighted by atomic mass is 10.1. The molecule has 0 aliphatic carbocycles. The number of nitriles is 1. The number of benzene rings is 1. The second kappa shape index (κ2) is 5.37. The number of rotatable bonds is 4. The van der Waals surface area contributed by atoms with Crippen molar-refractivity contribution in [3.63, 3.8) is 0 Å². The predicted molar refractivity (Wildman–Crippen MR) is 55.0 cm³/mol. The summed E-state index contributed by atoms with van der Waals surface area (Å²) in [5.74, 6) is -3.17. The first kappa shape index (κ1) is 13.1. The minimum atomic E-state index is -1.10. The fourth-order valence-electron chi connectivity index (χ4n) is 1.41. The van der Waals surface area contributed by atoms with Crippen LogP contribution in [0.3, 0.4) is 0 Å². The van der Waals surface area contributed by atoms with E-state index in [0.29, 0.717) is 0 Å². The van der Waals surface area contributed by atoms with Gasteiger partial charge in [0.05, 0.1) is 12.6 Å². The number of carboxylic acid groups (broad SMARTS) is 1. The van der Waals surface area contributed by atoms with Gasteiger partial charge in [0.15, 0.2) is 11.6 Å². The quantitative estimate of drug-likeness (QED) is 0.867. The van der Waals surface area contributed by atoms with Crippen LogP contribution < -0.4 is 0 Å². The Kier molecular flexibility index (Phi) is 4.12. The van der Waals surface area contributed by atoms with E-state index in [1.54, 1.807) is 0 Å². The minimum absolute atomic E-state index is 0.218. The maximum Gasteiger partial charge on any atom is 0.317 e. The van der Waals surface area contributed by atoms with E-state index in [-0.39, 0.29) is 12.1 Å². The van der Waals surface area contributed by atoms with Crippen molar-refractivity contribution < 1.29 is 18.7 Å². The number of aliphatic carboxylic acids is 1. The lowest BCUT2D eigenvalue weighted by Crippen LogP contribution is -2.29.